The fourth-order valence-corrected chi connectivity index (χ4v) is 7.25. The van der Waals surface area contributed by atoms with E-state index in [0.717, 1.165) is 25.7 Å². The Morgan fingerprint density at radius 1 is 1.03 bits per heavy atom. The zero-order chi connectivity index (χ0) is 29.2. The third-order valence-corrected chi connectivity index (χ3v) is 9.17. The van der Waals surface area contributed by atoms with E-state index in [2.05, 4.69) is 0 Å². The van der Waals surface area contributed by atoms with Crippen LogP contribution in [0.4, 0.5) is 0 Å². The Hall–Kier alpha value is -2.03. The number of Topliss-reactive ketones (excluding diaryl/α,β-unsaturated/α-hetero) is 1. The summed E-state index contributed by atoms with van der Waals surface area (Å²) in [5.41, 5.74) is -3.99. The molecule has 0 unspecified atom stereocenters. The van der Waals surface area contributed by atoms with Gasteiger partial charge in [0.1, 0.15) is 12.2 Å². The minimum atomic E-state index is -2.23. The van der Waals surface area contributed by atoms with Gasteiger partial charge in [-0.1, -0.05) is 72.5 Å². The number of hydrogen-bond acceptors (Lipinski definition) is 8. The first-order valence-corrected chi connectivity index (χ1v) is 14.7. The molecule has 3 rings (SSSR count). The van der Waals surface area contributed by atoms with Crippen LogP contribution >= 0.6 is 0 Å². The number of aliphatic hydroxyl groups is 3. The molecular weight excluding hydrogens is 500 g/mol. The summed E-state index contributed by atoms with van der Waals surface area (Å²) in [6, 6.07) is 0. The highest BCUT2D eigenvalue weighted by Crippen LogP contribution is 2.61. The number of hydrogen-bond donors (Lipinski definition) is 3. The van der Waals surface area contributed by atoms with Crippen molar-refractivity contribution in [3.63, 3.8) is 0 Å². The number of aliphatic hydroxyl groups excluding tert-OH is 2. The number of ether oxygens (including phenoxy) is 2. The second-order valence-corrected chi connectivity index (χ2v) is 12.6. The van der Waals surface area contributed by atoms with Crippen LogP contribution in [0.25, 0.3) is 0 Å². The Balaban J connectivity index is 2.11. The highest BCUT2D eigenvalue weighted by atomic mass is 16.6. The quantitative estimate of drug-likeness (QED) is 0.199. The van der Waals surface area contributed by atoms with Crippen LogP contribution in [0, 0.1) is 22.7 Å². The zero-order valence-corrected chi connectivity index (χ0v) is 24.5. The second-order valence-electron chi connectivity index (χ2n) is 12.6. The molecule has 0 amide bonds. The van der Waals surface area contributed by atoms with Crippen LogP contribution in [-0.2, 0) is 23.9 Å². The van der Waals surface area contributed by atoms with E-state index in [-0.39, 0.29) is 18.4 Å². The van der Waals surface area contributed by atoms with Gasteiger partial charge in [-0.2, -0.15) is 0 Å². The van der Waals surface area contributed by atoms with Crippen LogP contribution in [0.1, 0.15) is 99.3 Å². The number of rotatable bonds is 11. The van der Waals surface area contributed by atoms with E-state index in [1.807, 2.05) is 34.6 Å². The van der Waals surface area contributed by atoms with Gasteiger partial charge < -0.3 is 24.8 Å². The Bertz CT molecular complexity index is 997. The van der Waals surface area contributed by atoms with Crippen molar-refractivity contribution in [2.75, 3.05) is 6.61 Å². The summed E-state index contributed by atoms with van der Waals surface area (Å²) >= 11 is 0. The molecule has 2 bridgehead atoms. The molecule has 1 saturated carbocycles. The molecule has 0 heterocycles. The van der Waals surface area contributed by atoms with Crippen molar-refractivity contribution < 1.29 is 39.2 Å². The molecule has 3 aliphatic rings. The van der Waals surface area contributed by atoms with Gasteiger partial charge in [0, 0.05) is 18.3 Å². The van der Waals surface area contributed by atoms with E-state index in [1.54, 1.807) is 13.0 Å². The van der Waals surface area contributed by atoms with Crippen molar-refractivity contribution in [1.82, 2.24) is 0 Å². The summed E-state index contributed by atoms with van der Waals surface area (Å²) in [6.07, 6.45) is 5.08. The van der Waals surface area contributed by atoms with Crippen molar-refractivity contribution in [2.45, 2.75) is 123 Å². The Morgan fingerprint density at radius 3 is 2.13 bits per heavy atom. The van der Waals surface area contributed by atoms with Crippen LogP contribution in [0.15, 0.2) is 23.3 Å². The fourth-order valence-electron chi connectivity index (χ4n) is 7.25. The highest BCUT2D eigenvalue weighted by Gasteiger charge is 2.73. The topological polar surface area (TPSA) is 130 Å². The van der Waals surface area contributed by atoms with Crippen LogP contribution in [-0.4, -0.2) is 63.6 Å². The summed E-state index contributed by atoms with van der Waals surface area (Å²) in [5, 5.41) is 34.4. The molecule has 3 N–H and O–H groups in total. The van der Waals surface area contributed by atoms with E-state index in [1.165, 1.54) is 6.08 Å². The molecule has 220 valence electrons. The van der Waals surface area contributed by atoms with Crippen molar-refractivity contribution in [3.05, 3.63) is 23.3 Å². The maximum absolute atomic E-state index is 14.6. The summed E-state index contributed by atoms with van der Waals surface area (Å²) in [6.45, 7) is 10.9. The molecule has 0 aromatic heterocycles. The zero-order valence-electron chi connectivity index (χ0n) is 24.5. The lowest BCUT2D eigenvalue weighted by Crippen LogP contribution is -2.65. The molecule has 0 saturated heterocycles. The Kier molecular flexibility index (Phi) is 9.88. The molecule has 1 fully saturated rings. The van der Waals surface area contributed by atoms with Crippen LogP contribution < -0.4 is 0 Å². The van der Waals surface area contributed by atoms with E-state index >= 15 is 0 Å². The first-order valence-electron chi connectivity index (χ1n) is 14.7. The van der Waals surface area contributed by atoms with E-state index < -0.39 is 70.9 Å². The number of ketones is 1. The van der Waals surface area contributed by atoms with Gasteiger partial charge in [0.15, 0.2) is 17.5 Å². The summed E-state index contributed by atoms with van der Waals surface area (Å²) in [7, 11) is 0. The van der Waals surface area contributed by atoms with Gasteiger partial charge in [0.25, 0.3) is 0 Å². The van der Waals surface area contributed by atoms with Crippen molar-refractivity contribution >= 4 is 17.7 Å². The van der Waals surface area contributed by atoms with E-state index in [0.29, 0.717) is 24.8 Å². The Labute approximate surface area is 232 Å². The van der Waals surface area contributed by atoms with Crippen molar-refractivity contribution in [1.29, 1.82) is 0 Å². The molecule has 0 radical (unpaired) electrons. The second kappa shape index (κ2) is 12.2. The molecule has 8 nitrogen and oxygen atoms in total. The standard InChI is InChI=1S/C31H48O8/c1-7-9-11-13-23(33)38-27-19(3)16-30-20(4)17-29(5,6)28(39-24(34)14-12-10-8-2)22(26(30)36)15-21(18-32)25(35)31(27,30)37/h15-16,20,22,25,27-28,32,35,37H,7-14,17-18H2,1-6H3/t20-,22-,25-,27+,28-,30+,31+/m1/s1. The van der Waals surface area contributed by atoms with Crippen LogP contribution in [0.3, 0.4) is 0 Å². The smallest absolute Gasteiger partial charge is 0.306 e. The number of carbonyl (C=O) groups is 3. The number of carbonyl (C=O) groups excluding carboxylic acids is 3. The lowest BCUT2D eigenvalue weighted by Gasteiger charge is -2.48. The van der Waals surface area contributed by atoms with Gasteiger partial charge in [-0.05, 0) is 43.3 Å². The minimum Gasteiger partial charge on any atom is -0.461 e. The molecule has 0 aromatic carbocycles. The first kappa shape index (κ1) is 31.5. The average molecular weight is 549 g/mol. The number of unbranched alkanes of at least 4 members (excludes halogenated alkanes) is 4. The largest absolute Gasteiger partial charge is 0.461 e. The SMILES string of the molecule is CCCCCC(=O)O[C@@H]1[C@@H]2C=C(CO)[C@@H](O)[C@]3(O)[C@@H](OC(=O)CCCCC)C(C)=C[C@@]3(C2=O)[C@H](C)CC1(C)C. The molecule has 1 spiro atoms. The lowest BCUT2D eigenvalue weighted by molar-refractivity contribution is -0.203. The Morgan fingerprint density at radius 2 is 1.59 bits per heavy atom. The van der Waals surface area contributed by atoms with Gasteiger partial charge in [-0.3, -0.25) is 14.4 Å². The molecule has 0 aliphatic heterocycles. The van der Waals surface area contributed by atoms with E-state index in [9.17, 15) is 29.7 Å². The summed E-state index contributed by atoms with van der Waals surface area (Å²) in [5.74, 6) is -2.82. The van der Waals surface area contributed by atoms with Gasteiger partial charge in [0.2, 0.25) is 0 Å². The fraction of sp³-hybridized carbons (Fsp3) is 0.774. The van der Waals surface area contributed by atoms with E-state index in [4.69, 9.17) is 9.47 Å². The lowest BCUT2D eigenvalue weighted by atomic mass is 9.59. The third-order valence-electron chi connectivity index (χ3n) is 9.17. The predicted octanol–water partition coefficient (Wildman–Crippen LogP) is 4.19. The maximum Gasteiger partial charge on any atom is 0.306 e. The summed E-state index contributed by atoms with van der Waals surface area (Å²) < 4.78 is 11.8. The minimum absolute atomic E-state index is 0.0461. The number of esters is 2. The van der Waals surface area contributed by atoms with Crippen LogP contribution in [0.5, 0.6) is 0 Å². The van der Waals surface area contributed by atoms with Gasteiger partial charge in [-0.15, -0.1) is 0 Å². The number of fused-ring (bicyclic) bond motifs is 1. The molecule has 39 heavy (non-hydrogen) atoms. The van der Waals surface area contributed by atoms with Crippen molar-refractivity contribution in [3.8, 4) is 0 Å². The highest BCUT2D eigenvalue weighted by molar-refractivity contribution is 5.95. The summed E-state index contributed by atoms with van der Waals surface area (Å²) in [4.78, 5) is 40.3. The first-order chi connectivity index (χ1) is 18.3. The molecule has 3 aliphatic carbocycles. The normalized spacial score (nSPS) is 35.3. The van der Waals surface area contributed by atoms with Crippen LogP contribution in [0.2, 0.25) is 0 Å². The molecule has 7 atom stereocenters. The van der Waals surface area contributed by atoms with Gasteiger partial charge >= 0.3 is 11.9 Å². The average Bonchev–Trinajstić information content (AvgIpc) is 3.04. The van der Waals surface area contributed by atoms with Gasteiger partial charge in [-0.25, -0.2) is 0 Å². The molecular formula is C31H48O8. The monoisotopic (exact) mass is 548 g/mol. The third kappa shape index (κ3) is 5.49. The molecule has 8 heteroatoms. The molecule has 0 aromatic rings. The maximum atomic E-state index is 14.6. The van der Waals surface area contributed by atoms with Gasteiger partial charge in [0.05, 0.1) is 17.9 Å². The van der Waals surface area contributed by atoms with Crippen molar-refractivity contribution in [2.24, 2.45) is 22.7 Å². The predicted molar refractivity (Wildman–Crippen MR) is 146 cm³/mol.